The summed E-state index contributed by atoms with van der Waals surface area (Å²) in [6.07, 6.45) is 1.88. The maximum atomic E-state index is 12.5. The zero-order valence-electron chi connectivity index (χ0n) is 18.8. The van der Waals surface area contributed by atoms with Crippen molar-refractivity contribution in [1.82, 2.24) is 20.4 Å². The van der Waals surface area contributed by atoms with Crippen LogP contribution < -0.4 is 5.32 Å². The average Bonchev–Trinajstić information content (AvgIpc) is 3.16. The van der Waals surface area contributed by atoms with Crippen molar-refractivity contribution in [3.05, 3.63) is 35.7 Å². The first-order valence-electron chi connectivity index (χ1n) is 10.7. The number of carbonyl (C=O) groups excluding carboxylic acids is 1. The Morgan fingerprint density at radius 2 is 2.07 bits per heavy atom. The predicted molar refractivity (Wildman–Crippen MR) is 116 cm³/mol. The van der Waals surface area contributed by atoms with Gasteiger partial charge in [-0.05, 0) is 37.3 Å². The molecule has 0 aliphatic carbocycles. The second-order valence-corrected chi connectivity index (χ2v) is 9.28. The molecule has 2 atom stereocenters. The van der Waals surface area contributed by atoms with Crippen molar-refractivity contribution < 1.29 is 14.1 Å². The molecule has 0 radical (unpaired) electrons. The van der Waals surface area contributed by atoms with Crippen molar-refractivity contribution in [3.63, 3.8) is 0 Å². The number of amides is 1. The van der Waals surface area contributed by atoms with Gasteiger partial charge in [0, 0.05) is 25.3 Å². The van der Waals surface area contributed by atoms with Crippen LogP contribution in [0.25, 0.3) is 11.4 Å². The minimum atomic E-state index is -0.0228. The second kappa shape index (κ2) is 9.71. The molecule has 2 aromatic rings. The Morgan fingerprint density at radius 3 is 2.73 bits per heavy atom. The highest BCUT2D eigenvalue weighted by Gasteiger charge is 2.27. The molecule has 1 saturated heterocycles. The van der Waals surface area contributed by atoms with E-state index in [1.165, 1.54) is 5.56 Å². The average molecular weight is 415 g/mol. The highest BCUT2D eigenvalue weighted by atomic mass is 16.5. The summed E-state index contributed by atoms with van der Waals surface area (Å²) in [6.45, 7) is 11.2. The summed E-state index contributed by atoms with van der Waals surface area (Å²) in [6, 6.07) is 8.32. The van der Waals surface area contributed by atoms with Crippen LogP contribution in [0.15, 0.2) is 28.8 Å². The van der Waals surface area contributed by atoms with E-state index < -0.39 is 0 Å². The number of methoxy groups -OCH3 is 1. The van der Waals surface area contributed by atoms with Crippen LogP contribution in [0.3, 0.4) is 0 Å². The molecular formula is C23H34N4O3. The third kappa shape index (κ3) is 5.89. The quantitative estimate of drug-likeness (QED) is 0.748. The zero-order chi connectivity index (χ0) is 21.7. The molecule has 1 N–H and O–H groups in total. The number of piperidine rings is 1. The number of likely N-dealkylation sites (tertiary alicyclic amines) is 1. The van der Waals surface area contributed by atoms with Crippen molar-refractivity contribution in [2.24, 2.45) is 5.92 Å². The Bertz CT molecular complexity index is 826. The molecule has 2 heterocycles. The van der Waals surface area contributed by atoms with Crippen LogP contribution in [-0.2, 0) is 21.5 Å². The van der Waals surface area contributed by atoms with E-state index in [0.717, 1.165) is 24.9 Å². The smallest absolute Gasteiger partial charge is 0.241 e. The van der Waals surface area contributed by atoms with Gasteiger partial charge in [0.15, 0.2) is 0 Å². The fourth-order valence-electron chi connectivity index (χ4n) is 3.81. The van der Waals surface area contributed by atoms with E-state index in [-0.39, 0.29) is 23.3 Å². The first-order chi connectivity index (χ1) is 14.3. The lowest BCUT2D eigenvalue weighted by Crippen LogP contribution is -2.46. The molecule has 1 aromatic heterocycles. The maximum absolute atomic E-state index is 12.5. The van der Waals surface area contributed by atoms with Gasteiger partial charge in [-0.15, -0.1) is 0 Å². The summed E-state index contributed by atoms with van der Waals surface area (Å²) in [5.74, 6) is 1.25. The molecule has 30 heavy (non-hydrogen) atoms. The summed E-state index contributed by atoms with van der Waals surface area (Å²) in [4.78, 5) is 19.3. The number of benzene rings is 1. The predicted octanol–water partition coefficient (Wildman–Crippen LogP) is 3.40. The molecular weight excluding hydrogens is 380 g/mol. The lowest BCUT2D eigenvalue weighted by atomic mass is 9.87. The van der Waals surface area contributed by atoms with Crippen LogP contribution in [0, 0.1) is 5.92 Å². The van der Waals surface area contributed by atoms with E-state index in [9.17, 15) is 4.79 Å². The minimum absolute atomic E-state index is 0.0149. The first kappa shape index (κ1) is 22.4. The fourth-order valence-corrected chi connectivity index (χ4v) is 3.81. The molecule has 2 unspecified atom stereocenters. The number of nitrogens with zero attached hydrogens (tertiary/aromatic N) is 3. The van der Waals surface area contributed by atoms with E-state index in [0.29, 0.717) is 31.4 Å². The van der Waals surface area contributed by atoms with Gasteiger partial charge in [-0.25, -0.2) is 0 Å². The molecule has 0 spiro atoms. The van der Waals surface area contributed by atoms with E-state index >= 15 is 0 Å². The van der Waals surface area contributed by atoms with Gasteiger partial charge in [-0.2, -0.15) is 4.98 Å². The molecule has 164 valence electrons. The van der Waals surface area contributed by atoms with Crippen molar-refractivity contribution in [3.8, 4) is 11.4 Å². The van der Waals surface area contributed by atoms with Crippen molar-refractivity contribution in [2.45, 2.75) is 58.5 Å². The van der Waals surface area contributed by atoms with Crippen molar-refractivity contribution in [2.75, 3.05) is 26.8 Å². The Morgan fingerprint density at radius 1 is 1.33 bits per heavy atom. The molecule has 0 saturated carbocycles. The number of rotatable bonds is 7. The Kier molecular flexibility index (Phi) is 7.26. The third-order valence-corrected chi connectivity index (χ3v) is 5.52. The summed E-state index contributed by atoms with van der Waals surface area (Å²) >= 11 is 0. The lowest BCUT2D eigenvalue weighted by molar-refractivity contribution is -0.127. The second-order valence-electron chi connectivity index (χ2n) is 9.28. The van der Waals surface area contributed by atoms with Gasteiger partial charge in [0.25, 0.3) is 0 Å². The fraction of sp³-hybridized carbons (Fsp3) is 0.609. The van der Waals surface area contributed by atoms with Crippen LogP contribution >= 0.6 is 0 Å². The van der Waals surface area contributed by atoms with Gasteiger partial charge < -0.3 is 14.6 Å². The van der Waals surface area contributed by atoms with Crippen LogP contribution in [0.2, 0.25) is 0 Å². The summed E-state index contributed by atoms with van der Waals surface area (Å²) in [5.41, 5.74) is 2.33. The highest BCUT2D eigenvalue weighted by molar-refractivity contribution is 5.79. The molecule has 3 rings (SSSR count). The molecule has 0 bridgehead atoms. The summed E-state index contributed by atoms with van der Waals surface area (Å²) < 4.78 is 10.6. The number of carbonyl (C=O) groups is 1. The Hall–Kier alpha value is -2.25. The molecule has 1 amide bonds. The Balaban J connectivity index is 1.58. The van der Waals surface area contributed by atoms with Crippen LogP contribution in [0.1, 0.15) is 52.0 Å². The normalized spacial score (nSPS) is 18.9. The van der Waals surface area contributed by atoms with Gasteiger partial charge in [0.2, 0.25) is 17.6 Å². The molecule has 1 aliphatic heterocycles. The van der Waals surface area contributed by atoms with Gasteiger partial charge >= 0.3 is 0 Å². The van der Waals surface area contributed by atoms with Gasteiger partial charge in [0.1, 0.15) is 0 Å². The molecule has 1 aliphatic rings. The van der Waals surface area contributed by atoms with Crippen LogP contribution in [0.4, 0.5) is 0 Å². The van der Waals surface area contributed by atoms with Crippen molar-refractivity contribution >= 4 is 5.91 Å². The number of hydrogen-bond donors (Lipinski definition) is 1. The molecule has 1 aromatic carbocycles. The van der Waals surface area contributed by atoms with E-state index in [1.807, 2.05) is 19.1 Å². The van der Waals surface area contributed by atoms with Gasteiger partial charge in [0.05, 0.1) is 19.1 Å². The Labute approximate surface area is 179 Å². The molecule has 7 heteroatoms. The van der Waals surface area contributed by atoms with Gasteiger partial charge in [-0.3, -0.25) is 9.69 Å². The highest BCUT2D eigenvalue weighted by Crippen LogP contribution is 2.25. The van der Waals surface area contributed by atoms with Crippen LogP contribution in [-0.4, -0.2) is 53.8 Å². The SMILES string of the molecule is COCC(C)NC(=O)C1CCCN(Cc2nc(-c3ccc(C(C)(C)C)cc3)no2)C1. The summed E-state index contributed by atoms with van der Waals surface area (Å²) in [5, 5.41) is 7.19. The topological polar surface area (TPSA) is 80.5 Å². The molecule has 7 nitrogen and oxygen atoms in total. The lowest BCUT2D eigenvalue weighted by Gasteiger charge is -2.31. The number of hydrogen-bond acceptors (Lipinski definition) is 6. The summed E-state index contributed by atoms with van der Waals surface area (Å²) in [7, 11) is 1.64. The maximum Gasteiger partial charge on any atom is 0.241 e. The number of aromatic nitrogens is 2. The third-order valence-electron chi connectivity index (χ3n) is 5.52. The monoisotopic (exact) mass is 414 g/mol. The molecule has 1 fully saturated rings. The minimum Gasteiger partial charge on any atom is -0.383 e. The standard InChI is InChI=1S/C23H34N4O3/c1-16(15-29-5)24-22(28)18-7-6-12-27(13-18)14-20-25-21(26-30-20)17-8-10-19(11-9-17)23(2,3)4/h8-11,16,18H,6-7,12-15H2,1-5H3,(H,24,28). The van der Waals surface area contributed by atoms with E-state index in [2.05, 4.69) is 53.3 Å². The van der Waals surface area contributed by atoms with E-state index in [4.69, 9.17) is 9.26 Å². The first-order valence-corrected chi connectivity index (χ1v) is 10.7. The largest absolute Gasteiger partial charge is 0.383 e. The number of ether oxygens (including phenoxy) is 1. The van der Waals surface area contributed by atoms with Crippen LogP contribution in [0.5, 0.6) is 0 Å². The number of nitrogens with one attached hydrogen (secondary N) is 1. The van der Waals surface area contributed by atoms with Gasteiger partial charge in [-0.1, -0.05) is 50.2 Å². The van der Waals surface area contributed by atoms with E-state index in [1.54, 1.807) is 7.11 Å². The zero-order valence-corrected chi connectivity index (χ0v) is 18.8. The van der Waals surface area contributed by atoms with Crippen molar-refractivity contribution in [1.29, 1.82) is 0 Å².